The van der Waals surface area contributed by atoms with E-state index >= 15 is 0 Å². The largest absolute Gasteiger partial charge is 0.353 e. The molecule has 0 bridgehead atoms. The van der Waals surface area contributed by atoms with Crippen molar-refractivity contribution in [2.75, 3.05) is 19.6 Å². The predicted molar refractivity (Wildman–Crippen MR) is 78.1 cm³/mol. The van der Waals surface area contributed by atoms with E-state index in [0.717, 1.165) is 25.6 Å². The third kappa shape index (κ3) is 4.77. The van der Waals surface area contributed by atoms with Crippen LogP contribution in [0.25, 0.3) is 0 Å². The molecule has 0 aromatic carbocycles. The third-order valence-electron chi connectivity index (χ3n) is 4.17. The molecule has 2 fully saturated rings. The maximum atomic E-state index is 12.2. The van der Waals surface area contributed by atoms with E-state index in [2.05, 4.69) is 22.5 Å². The molecule has 1 heterocycles. The summed E-state index contributed by atoms with van der Waals surface area (Å²) in [5, 5.41) is 6.58. The van der Waals surface area contributed by atoms with Crippen LogP contribution >= 0.6 is 0 Å². The van der Waals surface area contributed by atoms with Crippen molar-refractivity contribution >= 4 is 5.91 Å². The van der Waals surface area contributed by atoms with Crippen molar-refractivity contribution < 1.29 is 4.79 Å². The van der Waals surface area contributed by atoms with Gasteiger partial charge in [-0.05, 0) is 58.9 Å². The quantitative estimate of drug-likeness (QED) is 0.732. The van der Waals surface area contributed by atoms with Gasteiger partial charge in [0, 0.05) is 25.2 Å². The maximum Gasteiger partial charge on any atom is 0.237 e. The molecule has 0 aromatic heterocycles. The highest BCUT2D eigenvalue weighted by atomic mass is 16.2. The molecule has 0 aromatic rings. The second-order valence-electron chi connectivity index (χ2n) is 6.53. The Morgan fingerprint density at radius 3 is 2.53 bits per heavy atom. The summed E-state index contributed by atoms with van der Waals surface area (Å²) in [6.45, 7) is 9.33. The van der Waals surface area contributed by atoms with E-state index in [1.54, 1.807) is 0 Å². The number of nitrogens with zero attached hydrogens (tertiary/aromatic N) is 1. The van der Waals surface area contributed by atoms with E-state index in [0.29, 0.717) is 6.04 Å². The zero-order valence-electron chi connectivity index (χ0n) is 12.6. The van der Waals surface area contributed by atoms with Crippen LogP contribution in [0.15, 0.2) is 0 Å². The summed E-state index contributed by atoms with van der Waals surface area (Å²) >= 11 is 0. The lowest BCUT2D eigenvalue weighted by Gasteiger charge is -2.31. The van der Waals surface area contributed by atoms with E-state index in [1.807, 2.05) is 13.8 Å². The van der Waals surface area contributed by atoms with E-state index in [9.17, 15) is 4.79 Å². The number of hydrogen-bond acceptors (Lipinski definition) is 3. The Labute approximate surface area is 117 Å². The summed E-state index contributed by atoms with van der Waals surface area (Å²) in [6, 6.07) is 0.792. The normalized spacial score (nSPS) is 25.0. The van der Waals surface area contributed by atoms with E-state index < -0.39 is 0 Å². The van der Waals surface area contributed by atoms with Gasteiger partial charge >= 0.3 is 0 Å². The lowest BCUT2D eigenvalue weighted by molar-refractivity contribution is -0.126. The molecule has 1 aliphatic heterocycles. The summed E-state index contributed by atoms with van der Waals surface area (Å²) in [5.74, 6) is 1.00. The standard InChI is InChI=1S/C15H29N3O/c1-11(2)17-15(19)12(3)18(9-13-6-7-13)10-14-5-4-8-16-14/h11-14,16H,4-10H2,1-3H3,(H,17,19). The summed E-state index contributed by atoms with van der Waals surface area (Å²) in [4.78, 5) is 14.6. The highest BCUT2D eigenvalue weighted by Crippen LogP contribution is 2.30. The van der Waals surface area contributed by atoms with Crippen LogP contribution in [0.2, 0.25) is 0 Å². The third-order valence-corrected chi connectivity index (χ3v) is 4.17. The Balaban J connectivity index is 1.88. The lowest BCUT2D eigenvalue weighted by Crippen LogP contribution is -2.51. The van der Waals surface area contributed by atoms with Gasteiger partial charge in [0.05, 0.1) is 6.04 Å². The van der Waals surface area contributed by atoms with Gasteiger partial charge in [-0.25, -0.2) is 0 Å². The molecule has 19 heavy (non-hydrogen) atoms. The van der Waals surface area contributed by atoms with Gasteiger partial charge in [0.1, 0.15) is 0 Å². The molecule has 2 unspecified atom stereocenters. The molecule has 2 N–H and O–H groups in total. The Bertz CT molecular complexity index is 296. The number of hydrogen-bond donors (Lipinski definition) is 2. The number of amides is 1. The van der Waals surface area contributed by atoms with E-state index in [-0.39, 0.29) is 18.0 Å². The minimum Gasteiger partial charge on any atom is -0.353 e. The number of nitrogens with one attached hydrogen (secondary N) is 2. The van der Waals surface area contributed by atoms with Crippen molar-refractivity contribution in [2.45, 2.75) is 64.6 Å². The molecule has 1 amide bonds. The van der Waals surface area contributed by atoms with E-state index in [4.69, 9.17) is 0 Å². The molecule has 4 nitrogen and oxygen atoms in total. The summed E-state index contributed by atoms with van der Waals surface area (Å²) in [5.41, 5.74) is 0. The van der Waals surface area contributed by atoms with Crippen molar-refractivity contribution in [2.24, 2.45) is 5.92 Å². The Morgan fingerprint density at radius 1 is 1.26 bits per heavy atom. The molecule has 2 rings (SSSR count). The lowest BCUT2D eigenvalue weighted by atomic mass is 10.1. The first-order chi connectivity index (χ1) is 9.06. The summed E-state index contributed by atoms with van der Waals surface area (Å²) < 4.78 is 0. The van der Waals surface area contributed by atoms with Crippen LogP contribution in [0.4, 0.5) is 0 Å². The summed E-state index contributed by atoms with van der Waals surface area (Å²) in [7, 11) is 0. The van der Waals surface area contributed by atoms with Crippen LogP contribution in [0.3, 0.4) is 0 Å². The SMILES string of the molecule is CC(C)NC(=O)C(C)N(CC1CC1)CC1CCCN1. The number of rotatable bonds is 7. The molecule has 4 heteroatoms. The number of carbonyl (C=O) groups excluding carboxylic acids is 1. The maximum absolute atomic E-state index is 12.2. The van der Waals surface area contributed by atoms with Crippen LogP contribution in [0.5, 0.6) is 0 Å². The van der Waals surface area contributed by atoms with Crippen LogP contribution in [0, 0.1) is 5.92 Å². The average Bonchev–Trinajstić information content (AvgIpc) is 3.01. The first-order valence-corrected chi connectivity index (χ1v) is 7.84. The monoisotopic (exact) mass is 267 g/mol. The van der Waals surface area contributed by atoms with Gasteiger partial charge in [0.25, 0.3) is 0 Å². The highest BCUT2D eigenvalue weighted by molar-refractivity contribution is 5.81. The van der Waals surface area contributed by atoms with Gasteiger partial charge in [-0.3, -0.25) is 9.69 Å². The molecule has 2 aliphatic rings. The van der Waals surface area contributed by atoms with E-state index in [1.165, 1.54) is 25.7 Å². The van der Waals surface area contributed by atoms with Gasteiger partial charge in [-0.1, -0.05) is 0 Å². The van der Waals surface area contributed by atoms with Crippen molar-refractivity contribution in [3.8, 4) is 0 Å². The molecule has 0 spiro atoms. The van der Waals surface area contributed by atoms with Gasteiger partial charge < -0.3 is 10.6 Å². The Kier molecular flexibility index (Phi) is 5.22. The molecular formula is C15H29N3O. The minimum absolute atomic E-state index is 0.00889. The highest BCUT2D eigenvalue weighted by Gasteiger charge is 2.31. The average molecular weight is 267 g/mol. The molecule has 1 aliphatic carbocycles. The predicted octanol–water partition coefficient (Wildman–Crippen LogP) is 1.36. The summed E-state index contributed by atoms with van der Waals surface area (Å²) in [6.07, 6.45) is 5.20. The molecule has 110 valence electrons. The second kappa shape index (κ2) is 6.71. The van der Waals surface area contributed by atoms with Crippen molar-refractivity contribution in [1.29, 1.82) is 0 Å². The van der Waals surface area contributed by atoms with Gasteiger partial charge in [0.15, 0.2) is 0 Å². The van der Waals surface area contributed by atoms with Gasteiger partial charge in [-0.2, -0.15) is 0 Å². The smallest absolute Gasteiger partial charge is 0.237 e. The second-order valence-corrected chi connectivity index (χ2v) is 6.53. The van der Waals surface area contributed by atoms with Crippen LogP contribution in [-0.2, 0) is 4.79 Å². The molecule has 2 atom stereocenters. The Hall–Kier alpha value is -0.610. The zero-order valence-corrected chi connectivity index (χ0v) is 12.6. The van der Waals surface area contributed by atoms with Gasteiger partial charge in [0.2, 0.25) is 5.91 Å². The topological polar surface area (TPSA) is 44.4 Å². The van der Waals surface area contributed by atoms with Crippen molar-refractivity contribution in [3.63, 3.8) is 0 Å². The van der Waals surface area contributed by atoms with Crippen LogP contribution in [-0.4, -0.2) is 48.6 Å². The Morgan fingerprint density at radius 2 is 2.00 bits per heavy atom. The van der Waals surface area contributed by atoms with Gasteiger partial charge in [-0.15, -0.1) is 0 Å². The molecular weight excluding hydrogens is 238 g/mol. The van der Waals surface area contributed by atoms with Crippen LogP contribution in [0.1, 0.15) is 46.5 Å². The van der Waals surface area contributed by atoms with Crippen molar-refractivity contribution in [1.82, 2.24) is 15.5 Å². The fourth-order valence-electron chi connectivity index (χ4n) is 2.79. The zero-order chi connectivity index (χ0) is 13.8. The first kappa shape index (κ1) is 14.8. The first-order valence-electron chi connectivity index (χ1n) is 7.84. The number of carbonyl (C=O) groups is 1. The fraction of sp³-hybridized carbons (Fsp3) is 0.933. The fourth-order valence-corrected chi connectivity index (χ4v) is 2.79. The molecule has 1 saturated heterocycles. The minimum atomic E-state index is -0.00889. The molecule has 1 saturated carbocycles. The van der Waals surface area contributed by atoms with Crippen LogP contribution < -0.4 is 10.6 Å². The molecule has 0 radical (unpaired) electrons. The van der Waals surface area contributed by atoms with Crippen molar-refractivity contribution in [3.05, 3.63) is 0 Å².